The number of aryl methyl sites for hydroxylation is 1. The first kappa shape index (κ1) is 12.2. The predicted molar refractivity (Wildman–Crippen MR) is 69.8 cm³/mol. The lowest BCUT2D eigenvalue weighted by Gasteiger charge is -2.12. The van der Waals surface area contributed by atoms with Crippen molar-refractivity contribution >= 4 is 10.9 Å². The van der Waals surface area contributed by atoms with E-state index in [1.807, 2.05) is 26.0 Å². The highest BCUT2D eigenvalue weighted by molar-refractivity contribution is 5.85. The summed E-state index contributed by atoms with van der Waals surface area (Å²) in [6, 6.07) is 7.19. The Hall–Kier alpha value is -2.28. The van der Waals surface area contributed by atoms with E-state index in [0.717, 1.165) is 0 Å². The van der Waals surface area contributed by atoms with Gasteiger partial charge in [-0.05, 0) is 32.9 Å². The second-order valence-corrected chi connectivity index (χ2v) is 4.41. The third kappa shape index (κ3) is 1.95. The van der Waals surface area contributed by atoms with E-state index in [-0.39, 0.29) is 17.1 Å². The Bertz CT molecular complexity index is 693. The fourth-order valence-corrected chi connectivity index (χ4v) is 1.89. The molecule has 0 unspecified atom stereocenters. The normalized spacial score (nSPS) is 10.6. The number of hydrogen-bond acceptors (Lipinski definition) is 3. The molecule has 0 radical (unpaired) electrons. The van der Waals surface area contributed by atoms with Crippen LogP contribution in [0.1, 0.15) is 25.1 Å². The number of pyridine rings is 1. The van der Waals surface area contributed by atoms with Gasteiger partial charge < -0.3 is 9.72 Å². The van der Waals surface area contributed by atoms with Crippen molar-refractivity contribution in [3.63, 3.8) is 0 Å². The summed E-state index contributed by atoms with van der Waals surface area (Å²) in [5.74, 6) is 0.632. The van der Waals surface area contributed by atoms with Gasteiger partial charge in [0.05, 0.1) is 17.0 Å². The van der Waals surface area contributed by atoms with E-state index >= 15 is 0 Å². The molecule has 0 aliphatic rings. The molecule has 0 aliphatic heterocycles. The van der Waals surface area contributed by atoms with E-state index in [4.69, 9.17) is 10.00 Å². The molecule has 1 aromatic heterocycles. The van der Waals surface area contributed by atoms with Crippen LogP contribution in [0.25, 0.3) is 10.9 Å². The molecule has 0 aliphatic carbocycles. The average molecular weight is 242 g/mol. The number of H-pyrrole nitrogens is 1. The van der Waals surface area contributed by atoms with Gasteiger partial charge in [-0.1, -0.05) is 6.07 Å². The van der Waals surface area contributed by atoms with Gasteiger partial charge in [0, 0.05) is 5.69 Å². The van der Waals surface area contributed by atoms with Crippen molar-refractivity contribution in [1.82, 2.24) is 4.98 Å². The van der Waals surface area contributed by atoms with E-state index in [1.165, 1.54) is 0 Å². The van der Waals surface area contributed by atoms with Gasteiger partial charge in [0.25, 0.3) is 0 Å². The Morgan fingerprint density at radius 2 is 2.11 bits per heavy atom. The molecule has 1 heterocycles. The van der Waals surface area contributed by atoms with Crippen molar-refractivity contribution in [2.45, 2.75) is 26.9 Å². The number of aromatic amines is 1. The summed E-state index contributed by atoms with van der Waals surface area (Å²) in [4.78, 5) is 15.2. The first-order chi connectivity index (χ1) is 8.54. The molecule has 0 saturated heterocycles. The maximum Gasteiger partial charge on any atom is 0.207 e. The molecule has 1 N–H and O–H groups in total. The Morgan fingerprint density at radius 1 is 1.39 bits per heavy atom. The predicted octanol–water partition coefficient (Wildman–Crippen LogP) is 2.50. The van der Waals surface area contributed by atoms with Crippen LogP contribution < -0.4 is 10.2 Å². The molecule has 4 heteroatoms. The van der Waals surface area contributed by atoms with Crippen molar-refractivity contribution in [2.24, 2.45) is 0 Å². The molecule has 0 atom stereocenters. The lowest BCUT2D eigenvalue weighted by Crippen LogP contribution is -2.12. The molecular weight excluding hydrogens is 228 g/mol. The van der Waals surface area contributed by atoms with Gasteiger partial charge in [0.1, 0.15) is 17.4 Å². The summed E-state index contributed by atoms with van der Waals surface area (Å²) in [5.41, 5.74) is 1.12. The fourth-order valence-electron chi connectivity index (χ4n) is 1.89. The first-order valence-electron chi connectivity index (χ1n) is 5.77. The molecule has 2 aromatic rings. The Morgan fingerprint density at radius 3 is 2.72 bits per heavy atom. The number of nitriles is 1. The second kappa shape index (κ2) is 4.53. The van der Waals surface area contributed by atoms with Crippen LogP contribution in [0.5, 0.6) is 5.75 Å². The number of para-hydroxylation sites is 1. The highest BCUT2D eigenvalue weighted by atomic mass is 16.5. The minimum absolute atomic E-state index is 0.0232. The van der Waals surface area contributed by atoms with Gasteiger partial charge in [-0.2, -0.15) is 5.26 Å². The average Bonchev–Trinajstić information content (AvgIpc) is 2.30. The van der Waals surface area contributed by atoms with Gasteiger partial charge >= 0.3 is 0 Å². The van der Waals surface area contributed by atoms with Crippen LogP contribution in [0.3, 0.4) is 0 Å². The summed E-state index contributed by atoms with van der Waals surface area (Å²) in [5, 5.41) is 9.45. The van der Waals surface area contributed by atoms with Gasteiger partial charge in [-0.25, -0.2) is 0 Å². The van der Waals surface area contributed by atoms with E-state index in [1.54, 1.807) is 19.1 Å². The highest BCUT2D eigenvalue weighted by Crippen LogP contribution is 2.23. The summed E-state index contributed by atoms with van der Waals surface area (Å²) < 4.78 is 5.66. The number of fused-ring (bicyclic) bond motifs is 1. The minimum atomic E-state index is -0.252. The molecule has 0 spiro atoms. The molecule has 92 valence electrons. The quantitative estimate of drug-likeness (QED) is 0.879. The molecule has 0 bridgehead atoms. The van der Waals surface area contributed by atoms with Crippen LogP contribution in [0.15, 0.2) is 23.0 Å². The molecule has 0 fully saturated rings. The number of aromatic nitrogens is 1. The zero-order chi connectivity index (χ0) is 13.3. The van der Waals surface area contributed by atoms with E-state index < -0.39 is 0 Å². The standard InChI is InChI=1S/C14H14N2O2/c1-8(2)18-12-6-4-5-10-13(12)16-9(3)11(7-15)14(10)17/h4-6,8H,1-3H3,(H,16,17). The molecule has 18 heavy (non-hydrogen) atoms. The maximum atomic E-state index is 12.1. The molecule has 1 aromatic carbocycles. The molecule has 0 saturated carbocycles. The maximum absolute atomic E-state index is 12.1. The number of ether oxygens (including phenoxy) is 1. The Kier molecular flexibility index (Phi) is 3.07. The molecule has 4 nitrogen and oxygen atoms in total. The van der Waals surface area contributed by atoms with Crippen molar-refractivity contribution in [3.05, 3.63) is 39.7 Å². The lowest BCUT2D eigenvalue weighted by molar-refractivity contribution is 0.245. The summed E-state index contributed by atoms with van der Waals surface area (Å²) >= 11 is 0. The number of hydrogen-bond donors (Lipinski definition) is 1. The number of benzene rings is 1. The smallest absolute Gasteiger partial charge is 0.207 e. The molecule has 0 amide bonds. The fraction of sp³-hybridized carbons (Fsp3) is 0.286. The summed E-state index contributed by atoms with van der Waals surface area (Å²) in [7, 11) is 0. The third-order valence-corrected chi connectivity index (χ3v) is 2.66. The van der Waals surface area contributed by atoms with Gasteiger partial charge in [0.15, 0.2) is 0 Å². The van der Waals surface area contributed by atoms with Crippen molar-refractivity contribution in [1.29, 1.82) is 5.26 Å². The van der Waals surface area contributed by atoms with E-state index in [0.29, 0.717) is 22.3 Å². The van der Waals surface area contributed by atoms with Crippen LogP contribution in [0.4, 0.5) is 0 Å². The molecular formula is C14H14N2O2. The number of rotatable bonds is 2. The summed E-state index contributed by atoms with van der Waals surface area (Å²) in [6.07, 6.45) is 0.0232. The highest BCUT2D eigenvalue weighted by Gasteiger charge is 2.12. The number of nitrogens with zero attached hydrogens (tertiary/aromatic N) is 1. The zero-order valence-corrected chi connectivity index (χ0v) is 10.6. The van der Waals surface area contributed by atoms with Gasteiger partial charge in [-0.15, -0.1) is 0 Å². The van der Waals surface area contributed by atoms with E-state index in [9.17, 15) is 4.79 Å². The second-order valence-electron chi connectivity index (χ2n) is 4.41. The monoisotopic (exact) mass is 242 g/mol. The lowest BCUT2D eigenvalue weighted by atomic mass is 10.1. The summed E-state index contributed by atoms with van der Waals surface area (Å²) in [6.45, 7) is 5.56. The van der Waals surface area contributed by atoms with Crippen LogP contribution in [-0.2, 0) is 0 Å². The topological polar surface area (TPSA) is 65.9 Å². The molecule has 2 rings (SSSR count). The van der Waals surface area contributed by atoms with Crippen LogP contribution >= 0.6 is 0 Å². The van der Waals surface area contributed by atoms with Crippen LogP contribution in [0.2, 0.25) is 0 Å². The first-order valence-corrected chi connectivity index (χ1v) is 5.77. The van der Waals surface area contributed by atoms with Gasteiger partial charge in [0.2, 0.25) is 5.43 Å². The van der Waals surface area contributed by atoms with Crippen molar-refractivity contribution in [3.8, 4) is 11.8 Å². The largest absolute Gasteiger partial charge is 0.489 e. The van der Waals surface area contributed by atoms with Crippen LogP contribution in [-0.4, -0.2) is 11.1 Å². The Labute approximate surface area is 105 Å². The van der Waals surface area contributed by atoms with Gasteiger partial charge in [-0.3, -0.25) is 4.79 Å². The van der Waals surface area contributed by atoms with Crippen molar-refractivity contribution in [2.75, 3.05) is 0 Å². The minimum Gasteiger partial charge on any atom is -0.489 e. The SMILES string of the molecule is Cc1[nH]c2c(OC(C)C)cccc2c(=O)c1C#N. The zero-order valence-electron chi connectivity index (χ0n) is 10.6. The third-order valence-electron chi connectivity index (χ3n) is 2.66. The van der Waals surface area contributed by atoms with Crippen molar-refractivity contribution < 1.29 is 4.74 Å². The Balaban J connectivity index is 2.80. The number of nitrogens with one attached hydrogen (secondary N) is 1. The van der Waals surface area contributed by atoms with Crippen LogP contribution in [0, 0.1) is 18.3 Å². The van der Waals surface area contributed by atoms with E-state index in [2.05, 4.69) is 4.98 Å².